The fourth-order valence-corrected chi connectivity index (χ4v) is 1.10. The van der Waals surface area contributed by atoms with Crippen LogP contribution in [0.25, 0.3) is 0 Å². The molecule has 0 radical (unpaired) electrons. The lowest BCUT2D eigenvalue weighted by Gasteiger charge is -1.96. The van der Waals surface area contributed by atoms with E-state index in [1.807, 2.05) is 0 Å². The molecule has 0 heterocycles. The smallest absolute Gasteiger partial charge is 0.251 e. The second kappa shape index (κ2) is 4.57. The van der Waals surface area contributed by atoms with Crippen LogP contribution < -0.4 is 0 Å². The lowest BCUT2D eigenvalue weighted by atomic mass is 10.8. The maximum Gasteiger partial charge on any atom is 0.410 e. The van der Waals surface area contributed by atoms with Gasteiger partial charge < -0.3 is 0 Å². The molecule has 0 aliphatic carbocycles. The molecule has 0 aliphatic rings. The first-order chi connectivity index (χ1) is 4.62. The SMILES string of the molecule is C#CCSOS(=O)(=O)OC. The van der Waals surface area contributed by atoms with Crippen molar-refractivity contribution in [3.05, 3.63) is 0 Å². The third-order valence-corrected chi connectivity index (χ3v) is 2.22. The molecule has 0 saturated carbocycles. The van der Waals surface area contributed by atoms with Crippen molar-refractivity contribution in [1.29, 1.82) is 0 Å². The summed E-state index contributed by atoms with van der Waals surface area (Å²) < 4.78 is 28.8. The zero-order chi connectivity index (χ0) is 8.04. The van der Waals surface area contributed by atoms with E-state index in [2.05, 4.69) is 13.7 Å². The van der Waals surface area contributed by atoms with Crippen molar-refractivity contribution in [2.45, 2.75) is 0 Å². The Balaban J connectivity index is 3.61. The highest BCUT2D eigenvalue weighted by Gasteiger charge is 2.07. The molecular weight excluding hydrogens is 176 g/mol. The molecule has 0 N–H and O–H groups in total. The standard InChI is InChI=1S/C4H6O4S2/c1-3-4-9-8-10(5,6)7-2/h1H,4H2,2H3. The molecule has 0 saturated heterocycles. The number of terminal acetylenes is 1. The Morgan fingerprint density at radius 2 is 2.30 bits per heavy atom. The molecule has 58 valence electrons. The minimum Gasteiger partial charge on any atom is -0.251 e. The van der Waals surface area contributed by atoms with Crippen molar-refractivity contribution in [2.75, 3.05) is 12.9 Å². The van der Waals surface area contributed by atoms with Crippen molar-refractivity contribution in [1.82, 2.24) is 0 Å². The lowest BCUT2D eigenvalue weighted by molar-refractivity contribution is 0.344. The third-order valence-electron chi connectivity index (χ3n) is 0.478. The molecule has 0 aliphatic heterocycles. The minimum atomic E-state index is -3.82. The first-order valence-electron chi connectivity index (χ1n) is 2.17. The van der Waals surface area contributed by atoms with Gasteiger partial charge in [0.1, 0.15) is 0 Å². The van der Waals surface area contributed by atoms with Crippen LogP contribution in [-0.4, -0.2) is 21.3 Å². The van der Waals surface area contributed by atoms with Crippen LogP contribution in [0.15, 0.2) is 0 Å². The Morgan fingerprint density at radius 3 is 2.70 bits per heavy atom. The summed E-state index contributed by atoms with van der Waals surface area (Å²) in [5.41, 5.74) is 0. The van der Waals surface area contributed by atoms with Gasteiger partial charge in [0.25, 0.3) is 0 Å². The van der Waals surface area contributed by atoms with E-state index in [1.54, 1.807) is 0 Å². The summed E-state index contributed by atoms with van der Waals surface area (Å²) in [7, 11) is -2.82. The zero-order valence-electron chi connectivity index (χ0n) is 5.23. The van der Waals surface area contributed by atoms with Gasteiger partial charge in [0, 0.05) is 12.0 Å². The summed E-state index contributed by atoms with van der Waals surface area (Å²) in [6.07, 6.45) is 4.81. The van der Waals surface area contributed by atoms with Crippen LogP contribution in [0.3, 0.4) is 0 Å². The highest BCUT2D eigenvalue weighted by molar-refractivity contribution is 8.03. The largest absolute Gasteiger partial charge is 0.410 e. The molecule has 0 bridgehead atoms. The van der Waals surface area contributed by atoms with E-state index in [1.165, 1.54) is 0 Å². The van der Waals surface area contributed by atoms with E-state index in [9.17, 15) is 8.42 Å². The van der Waals surface area contributed by atoms with Crippen molar-refractivity contribution in [2.24, 2.45) is 0 Å². The maximum absolute atomic E-state index is 10.3. The van der Waals surface area contributed by atoms with Crippen molar-refractivity contribution >= 4 is 22.4 Å². The molecule has 0 rings (SSSR count). The van der Waals surface area contributed by atoms with Crippen LogP contribution in [0, 0.1) is 12.3 Å². The Labute approximate surface area is 64.4 Å². The fraction of sp³-hybridized carbons (Fsp3) is 0.500. The normalized spacial score (nSPS) is 10.8. The van der Waals surface area contributed by atoms with Crippen LogP contribution in [0.1, 0.15) is 0 Å². The lowest BCUT2D eigenvalue weighted by Crippen LogP contribution is -2.02. The van der Waals surface area contributed by atoms with Crippen molar-refractivity contribution in [3.8, 4) is 12.3 Å². The first-order valence-corrected chi connectivity index (χ1v) is 4.42. The van der Waals surface area contributed by atoms with Gasteiger partial charge in [-0.3, -0.25) is 4.18 Å². The van der Waals surface area contributed by atoms with Gasteiger partial charge in [-0.05, 0) is 0 Å². The number of hydrogen-bond acceptors (Lipinski definition) is 5. The number of rotatable bonds is 4. The average Bonchev–Trinajstić information content (AvgIpc) is 1.89. The topological polar surface area (TPSA) is 52.6 Å². The molecular formula is C4H6O4S2. The molecule has 0 aromatic rings. The van der Waals surface area contributed by atoms with E-state index >= 15 is 0 Å². The molecule has 0 spiro atoms. The Kier molecular flexibility index (Phi) is 4.47. The molecule has 0 aromatic carbocycles. The van der Waals surface area contributed by atoms with Gasteiger partial charge in [0.05, 0.1) is 12.9 Å². The minimum absolute atomic E-state index is 0.169. The van der Waals surface area contributed by atoms with E-state index in [4.69, 9.17) is 6.42 Å². The van der Waals surface area contributed by atoms with Gasteiger partial charge >= 0.3 is 10.4 Å². The van der Waals surface area contributed by atoms with Crippen molar-refractivity contribution < 1.29 is 16.2 Å². The van der Waals surface area contributed by atoms with Gasteiger partial charge in [-0.15, -0.1) is 6.42 Å². The van der Waals surface area contributed by atoms with E-state index in [0.717, 1.165) is 7.11 Å². The molecule has 0 atom stereocenters. The maximum atomic E-state index is 10.3. The van der Waals surface area contributed by atoms with Gasteiger partial charge in [-0.2, -0.15) is 12.0 Å². The van der Waals surface area contributed by atoms with E-state index in [0.29, 0.717) is 12.0 Å². The van der Waals surface area contributed by atoms with Gasteiger partial charge in [0.15, 0.2) is 0 Å². The molecule has 4 nitrogen and oxygen atoms in total. The number of hydrogen-bond donors (Lipinski definition) is 0. The summed E-state index contributed by atoms with van der Waals surface area (Å²) in [6, 6.07) is 0. The third kappa shape index (κ3) is 4.64. The summed E-state index contributed by atoms with van der Waals surface area (Å²) in [4.78, 5) is 0. The highest BCUT2D eigenvalue weighted by Crippen LogP contribution is 2.07. The Morgan fingerprint density at radius 1 is 1.70 bits per heavy atom. The summed E-state index contributed by atoms with van der Waals surface area (Å²) >= 11 is 0.636. The van der Waals surface area contributed by atoms with Crippen LogP contribution in [0.4, 0.5) is 0 Å². The molecule has 0 amide bonds. The summed E-state index contributed by atoms with van der Waals surface area (Å²) in [5, 5.41) is 0. The molecule has 10 heavy (non-hydrogen) atoms. The van der Waals surface area contributed by atoms with Gasteiger partial charge in [-0.25, -0.2) is 0 Å². The molecule has 6 heteroatoms. The summed E-state index contributed by atoms with van der Waals surface area (Å²) in [6.45, 7) is 0. The van der Waals surface area contributed by atoms with Crippen molar-refractivity contribution in [3.63, 3.8) is 0 Å². The van der Waals surface area contributed by atoms with Gasteiger partial charge in [0.2, 0.25) is 0 Å². The van der Waals surface area contributed by atoms with Crippen LogP contribution in [0.5, 0.6) is 0 Å². The second-order valence-corrected chi connectivity index (χ2v) is 3.33. The first kappa shape index (κ1) is 9.78. The predicted octanol–water partition coefficient (Wildman–Crippen LogP) is 0.176. The quantitative estimate of drug-likeness (QED) is 0.352. The average molecular weight is 182 g/mol. The van der Waals surface area contributed by atoms with E-state index < -0.39 is 10.4 Å². The predicted molar refractivity (Wildman–Crippen MR) is 38.3 cm³/mol. The van der Waals surface area contributed by atoms with Crippen LogP contribution >= 0.6 is 12.0 Å². The fourth-order valence-electron chi connectivity index (χ4n) is 0.145. The van der Waals surface area contributed by atoms with Crippen LogP contribution in [0.2, 0.25) is 0 Å². The van der Waals surface area contributed by atoms with Gasteiger partial charge in [-0.1, -0.05) is 5.92 Å². The second-order valence-electron chi connectivity index (χ2n) is 1.11. The molecule has 0 fully saturated rings. The molecule has 0 aromatic heterocycles. The van der Waals surface area contributed by atoms with E-state index in [-0.39, 0.29) is 5.75 Å². The highest BCUT2D eigenvalue weighted by atomic mass is 32.3. The summed E-state index contributed by atoms with van der Waals surface area (Å²) in [5.74, 6) is 2.35. The Bertz CT molecular complexity index is 212. The Hall–Kier alpha value is -0.220. The zero-order valence-corrected chi connectivity index (χ0v) is 6.87. The molecule has 0 unspecified atom stereocenters. The van der Waals surface area contributed by atoms with Crippen LogP contribution in [-0.2, 0) is 18.2 Å². The monoisotopic (exact) mass is 182 g/mol.